The summed E-state index contributed by atoms with van der Waals surface area (Å²) in [6.45, 7) is 0. The SMILES string of the molecule is COC(=O)C(=O)C(Cc1ccccc1)NC(=O)c1nsnc1-c1ccccc1F. The van der Waals surface area contributed by atoms with Crippen molar-refractivity contribution in [3.05, 3.63) is 71.7 Å². The van der Waals surface area contributed by atoms with E-state index in [1.54, 1.807) is 36.4 Å². The number of carbonyl (C=O) groups is 3. The van der Waals surface area contributed by atoms with Crippen LogP contribution in [0.25, 0.3) is 11.3 Å². The first-order chi connectivity index (χ1) is 14.0. The molecule has 1 unspecified atom stereocenters. The van der Waals surface area contributed by atoms with Crippen LogP contribution in [-0.4, -0.2) is 39.6 Å². The van der Waals surface area contributed by atoms with Crippen LogP contribution < -0.4 is 5.32 Å². The Morgan fingerprint density at radius 2 is 1.76 bits per heavy atom. The van der Waals surface area contributed by atoms with Gasteiger partial charge in [-0.25, -0.2) is 9.18 Å². The van der Waals surface area contributed by atoms with Crippen LogP contribution in [0.2, 0.25) is 0 Å². The van der Waals surface area contributed by atoms with Gasteiger partial charge in [-0.2, -0.15) is 8.75 Å². The van der Waals surface area contributed by atoms with Gasteiger partial charge in [0.15, 0.2) is 5.69 Å². The zero-order valence-electron chi connectivity index (χ0n) is 15.3. The maximum absolute atomic E-state index is 14.1. The fraction of sp³-hybridized carbons (Fsp3) is 0.150. The molecular weight excluding hydrogens is 397 g/mol. The Labute approximate surface area is 169 Å². The van der Waals surface area contributed by atoms with Gasteiger partial charge in [-0.15, -0.1) is 0 Å². The Kier molecular flexibility index (Phi) is 6.40. The number of ketones is 1. The third-order valence-corrected chi connectivity index (χ3v) is 4.65. The standard InChI is InChI=1S/C20H16FN3O4S/c1-28-20(27)18(25)15(11-12-7-3-2-4-8-12)22-19(26)17-16(23-29-24-17)13-9-5-6-10-14(13)21/h2-10,15H,11H2,1H3,(H,22,26). The molecule has 2 aromatic carbocycles. The van der Waals surface area contributed by atoms with Crippen LogP contribution in [0.5, 0.6) is 0 Å². The van der Waals surface area contributed by atoms with Crippen molar-refractivity contribution in [3.63, 3.8) is 0 Å². The summed E-state index contributed by atoms with van der Waals surface area (Å²) < 4.78 is 26.6. The van der Waals surface area contributed by atoms with Gasteiger partial charge in [-0.1, -0.05) is 42.5 Å². The second kappa shape index (κ2) is 9.16. The van der Waals surface area contributed by atoms with Gasteiger partial charge < -0.3 is 10.1 Å². The first kappa shape index (κ1) is 20.3. The van der Waals surface area contributed by atoms with Crippen molar-refractivity contribution in [2.75, 3.05) is 7.11 Å². The zero-order chi connectivity index (χ0) is 20.8. The van der Waals surface area contributed by atoms with Crippen molar-refractivity contribution in [2.45, 2.75) is 12.5 Å². The van der Waals surface area contributed by atoms with Crippen LogP contribution in [0.15, 0.2) is 54.6 Å². The fourth-order valence-electron chi connectivity index (χ4n) is 2.70. The van der Waals surface area contributed by atoms with Crippen molar-refractivity contribution in [1.29, 1.82) is 0 Å². The molecule has 1 aromatic heterocycles. The predicted octanol–water partition coefficient (Wildman–Crippen LogP) is 2.43. The van der Waals surface area contributed by atoms with Gasteiger partial charge in [0.2, 0.25) is 0 Å². The third-order valence-electron chi connectivity index (χ3n) is 4.12. The lowest BCUT2D eigenvalue weighted by molar-refractivity contribution is -0.152. The third kappa shape index (κ3) is 4.69. The van der Waals surface area contributed by atoms with E-state index in [0.29, 0.717) is 0 Å². The summed E-state index contributed by atoms with van der Waals surface area (Å²) in [5.74, 6) is -3.27. The van der Waals surface area contributed by atoms with Crippen molar-refractivity contribution in [1.82, 2.24) is 14.1 Å². The summed E-state index contributed by atoms with van der Waals surface area (Å²) in [5.41, 5.74) is 0.788. The summed E-state index contributed by atoms with van der Waals surface area (Å²) in [5, 5.41) is 2.50. The number of halogens is 1. The van der Waals surface area contributed by atoms with Gasteiger partial charge in [-0.3, -0.25) is 9.59 Å². The Morgan fingerprint density at radius 3 is 2.45 bits per heavy atom. The minimum Gasteiger partial charge on any atom is -0.463 e. The summed E-state index contributed by atoms with van der Waals surface area (Å²) in [6, 6.07) is 13.6. The molecular formula is C20H16FN3O4S. The van der Waals surface area contributed by atoms with Gasteiger partial charge in [0.1, 0.15) is 17.6 Å². The molecule has 0 spiro atoms. The minimum absolute atomic E-state index is 0.0644. The zero-order valence-corrected chi connectivity index (χ0v) is 16.1. The van der Waals surface area contributed by atoms with E-state index < -0.39 is 29.5 Å². The fourth-order valence-corrected chi connectivity index (χ4v) is 3.25. The number of amides is 1. The van der Waals surface area contributed by atoms with E-state index in [1.165, 1.54) is 18.2 Å². The summed E-state index contributed by atoms with van der Waals surface area (Å²) in [6.07, 6.45) is 0.0765. The number of hydrogen-bond donors (Lipinski definition) is 1. The smallest absolute Gasteiger partial charge is 0.376 e. The first-order valence-corrected chi connectivity index (χ1v) is 9.28. The molecule has 0 bridgehead atoms. The highest BCUT2D eigenvalue weighted by Crippen LogP contribution is 2.24. The molecule has 1 N–H and O–H groups in total. The highest BCUT2D eigenvalue weighted by Gasteiger charge is 2.30. The number of nitrogens with zero attached hydrogens (tertiary/aromatic N) is 2. The lowest BCUT2D eigenvalue weighted by Gasteiger charge is -2.16. The molecule has 29 heavy (non-hydrogen) atoms. The van der Waals surface area contributed by atoms with Crippen LogP contribution in [0, 0.1) is 5.82 Å². The number of Topliss-reactive ketones (excluding diaryl/α,β-unsaturated/α-hetero) is 1. The Bertz CT molecular complexity index is 1040. The second-order valence-electron chi connectivity index (χ2n) is 6.01. The molecule has 148 valence electrons. The number of nitrogens with one attached hydrogen (secondary N) is 1. The topological polar surface area (TPSA) is 98.2 Å². The molecule has 1 atom stereocenters. The molecule has 0 saturated carbocycles. The molecule has 7 nitrogen and oxygen atoms in total. The summed E-state index contributed by atoms with van der Waals surface area (Å²) in [7, 11) is 1.09. The van der Waals surface area contributed by atoms with Crippen LogP contribution >= 0.6 is 11.7 Å². The number of esters is 1. The van der Waals surface area contributed by atoms with Crippen LogP contribution in [0.4, 0.5) is 4.39 Å². The van der Waals surface area contributed by atoms with E-state index in [0.717, 1.165) is 24.4 Å². The molecule has 3 aromatic rings. The van der Waals surface area contributed by atoms with Crippen molar-refractivity contribution >= 4 is 29.4 Å². The number of ether oxygens (including phenoxy) is 1. The quantitative estimate of drug-likeness (QED) is 0.472. The Morgan fingerprint density at radius 1 is 1.07 bits per heavy atom. The number of methoxy groups -OCH3 is 1. The average Bonchev–Trinajstić information content (AvgIpc) is 3.23. The first-order valence-electron chi connectivity index (χ1n) is 8.55. The number of rotatable bonds is 7. The molecule has 0 aliphatic carbocycles. The molecule has 0 aliphatic rings. The van der Waals surface area contributed by atoms with E-state index in [4.69, 9.17) is 0 Å². The molecule has 0 fully saturated rings. The van der Waals surface area contributed by atoms with Crippen LogP contribution in [-0.2, 0) is 20.7 Å². The van der Waals surface area contributed by atoms with Gasteiger partial charge in [0.25, 0.3) is 11.7 Å². The van der Waals surface area contributed by atoms with Gasteiger partial charge in [0, 0.05) is 12.0 Å². The van der Waals surface area contributed by atoms with Crippen molar-refractivity contribution in [3.8, 4) is 11.3 Å². The van der Waals surface area contributed by atoms with E-state index in [9.17, 15) is 18.8 Å². The molecule has 9 heteroatoms. The average molecular weight is 413 g/mol. The maximum atomic E-state index is 14.1. The minimum atomic E-state index is -1.17. The number of carbonyl (C=O) groups excluding carboxylic acids is 3. The van der Waals surface area contributed by atoms with Crippen molar-refractivity contribution < 1.29 is 23.5 Å². The largest absolute Gasteiger partial charge is 0.463 e. The van der Waals surface area contributed by atoms with Crippen LogP contribution in [0.3, 0.4) is 0 Å². The van der Waals surface area contributed by atoms with Gasteiger partial charge in [0.05, 0.1) is 18.8 Å². The number of benzene rings is 2. The Balaban J connectivity index is 1.87. The Hall–Kier alpha value is -3.46. The van der Waals surface area contributed by atoms with E-state index in [2.05, 4.69) is 18.8 Å². The van der Waals surface area contributed by atoms with Gasteiger partial charge in [-0.05, 0) is 17.7 Å². The number of aromatic nitrogens is 2. The van der Waals surface area contributed by atoms with Crippen molar-refractivity contribution in [2.24, 2.45) is 0 Å². The molecule has 0 aliphatic heterocycles. The lowest BCUT2D eigenvalue weighted by Crippen LogP contribution is -2.46. The van der Waals surface area contributed by atoms with E-state index in [-0.39, 0.29) is 23.4 Å². The lowest BCUT2D eigenvalue weighted by atomic mass is 10.0. The maximum Gasteiger partial charge on any atom is 0.376 e. The van der Waals surface area contributed by atoms with E-state index in [1.807, 2.05) is 0 Å². The van der Waals surface area contributed by atoms with E-state index >= 15 is 0 Å². The molecule has 0 saturated heterocycles. The highest BCUT2D eigenvalue weighted by molar-refractivity contribution is 6.99. The summed E-state index contributed by atoms with van der Waals surface area (Å²) in [4.78, 5) is 36.9. The second-order valence-corrected chi connectivity index (χ2v) is 6.54. The molecule has 0 radical (unpaired) electrons. The number of hydrogen-bond acceptors (Lipinski definition) is 7. The van der Waals surface area contributed by atoms with Gasteiger partial charge >= 0.3 is 5.97 Å². The predicted molar refractivity (Wildman–Crippen MR) is 104 cm³/mol. The van der Waals surface area contributed by atoms with Crippen LogP contribution in [0.1, 0.15) is 16.1 Å². The normalized spacial score (nSPS) is 11.5. The molecule has 3 rings (SSSR count). The summed E-state index contributed by atoms with van der Waals surface area (Å²) >= 11 is 0.744. The monoisotopic (exact) mass is 413 g/mol. The molecule has 1 heterocycles. The molecule has 1 amide bonds. The highest BCUT2D eigenvalue weighted by atomic mass is 32.1.